The number of pyridine rings is 1. The lowest BCUT2D eigenvalue weighted by atomic mass is 10.0. The quantitative estimate of drug-likeness (QED) is 0.535. The van der Waals surface area contributed by atoms with Gasteiger partial charge < -0.3 is 14.8 Å². The van der Waals surface area contributed by atoms with Crippen molar-refractivity contribution in [3.8, 4) is 0 Å². The second kappa shape index (κ2) is 10.1. The van der Waals surface area contributed by atoms with Gasteiger partial charge in [-0.15, -0.1) is 0 Å². The summed E-state index contributed by atoms with van der Waals surface area (Å²) in [6, 6.07) is 5.98. The fourth-order valence-corrected chi connectivity index (χ4v) is 5.89. The summed E-state index contributed by atoms with van der Waals surface area (Å²) in [6.45, 7) is 1.33. The molecule has 1 atom stereocenters. The predicted molar refractivity (Wildman–Crippen MR) is 137 cm³/mol. The van der Waals surface area contributed by atoms with Gasteiger partial charge in [-0.1, -0.05) is 33.6 Å². The van der Waals surface area contributed by atoms with Crippen molar-refractivity contribution in [3.63, 3.8) is 0 Å². The lowest BCUT2D eigenvalue weighted by Gasteiger charge is -2.28. The molecule has 182 valence electrons. The zero-order valence-corrected chi connectivity index (χ0v) is 21.5. The van der Waals surface area contributed by atoms with E-state index in [4.69, 9.17) is 26.1 Å². The summed E-state index contributed by atoms with van der Waals surface area (Å²) in [4.78, 5) is 13.4. The number of halogens is 2. The number of fused-ring (bicyclic) bond motifs is 1. The number of nitrogens with zero attached hydrogens (tertiary/aromatic N) is 3. The number of aromatic nitrogens is 1. The molecule has 1 saturated heterocycles. The highest BCUT2D eigenvalue weighted by molar-refractivity contribution is 9.10. The number of allylic oxidation sites excluding steroid dienone is 1. The molecular formula is C23H21BrClN5O4S. The molecule has 12 heteroatoms. The lowest BCUT2D eigenvalue weighted by molar-refractivity contribution is -0.00808. The average molecular weight is 579 g/mol. The number of aliphatic imine (C=N–C) groups is 2. The number of benzene rings is 1. The number of anilines is 1. The largest absolute Gasteiger partial charge is 0.474 e. The first-order chi connectivity index (χ1) is 16.9. The maximum atomic E-state index is 12.9. The first-order valence-corrected chi connectivity index (χ1v) is 13.5. The van der Waals surface area contributed by atoms with E-state index in [1.165, 1.54) is 18.3 Å². The van der Waals surface area contributed by atoms with Gasteiger partial charge in [0.15, 0.2) is 0 Å². The third-order valence-corrected chi connectivity index (χ3v) is 7.90. The fraction of sp³-hybridized carbons (Fsp3) is 0.261. The molecule has 0 aliphatic carbocycles. The van der Waals surface area contributed by atoms with E-state index in [9.17, 15) is 8.42 Å². The average Bonchev–Trinajstić information content (AvgIpc) is 2.84. The Hall–Kier alpha value is -2.73. The van der Waals surface area contributed by atoms with Crippen LogP contribution in [0.4, 0.5) is 5.69 Å². The van der Waals surface area contributed by atoms with Crippen LogP contribution < -0.4 is 10.0 Å². The number of hydrogen-bond donors (Lipinski definition) is 2. The van der Waals surface area contributed by atoms with Crippen LogP contribution in [-0.2, 0) is 19.5 Å². The molecule has 0 radical (unpaired) electrons. The molecule has 0 saturated carbocycles. The zero-order valence-electron chi connectivity index (χ0n) is 18.3. The highest BCUT2D eigenvalue weighted by Gasteiger charge is 2.27. The van der Waals surface area contributed by atoms with Crippen molar-refractivity contribution in [1.82, 2.24) is 10.3 Å². The van der Waals surface area contributed by atoms with E-state index in [-0.39, 0.29) is 27.8 Å². The Balaban J connectivity index is 1.41. The number of nitrogens with one attached hydrogen (secondary N) is 2. The minimum absolute atomic E-state index is 0.0308. The van der Waals surface area contributed by atoms with E-state index in [1.54, 1.807) is 24.7 Å². The Labute approximate surface area is 216 Å². The van der Waals surface area contributed by atoms with Gasteiger partial charge in [0.2, 0.25) is 5.88 Å². The fourth-order valence-electron chi connectivity index (χ4n) is 3.82. The highest BCUT2D eigenvalue weighted by Crippen LogP contribution is 2.28. The molecule has 2 N–H and O–H groups in total. The van der Waals surface area contributed by atoms with E-state index in [2.05, 4.69) is 35.9 Å². The monoisotopic (exact) mass is 577 g/mol. The van der Waals surface area contributed by atoms with Crippen LogP contribution in [0, 0.1) is 0 Å². The van der Waals surface area contributed by atoms with Gasteiger partial charge in [-0.25, -0.2) is 13.4 Å². The molecule has 9 nitrogen and oxygen atoms in total. The Bertz CT molecular complexity index is 1370. The number of hydrogen-bond acceptors (Lipinski definition) is 8. The lowest BCUT2D eigenvalue weighted by Crippen LogP contribution is -2.32. The molecule has 4 heterocycles. The van der Waals surface area contributed by atoms with Crippen molar-refractivity contribution >= 4 is 55.3 Å². The molecule has 2 aromatic rings. The summed E-state index contributed by atoms with van der Waals surface area (Å²) in [5.74, 6) is 0.563. The van der Waals surface area contributed by atoms with Gasteiger partial charge in [0.25, 0.3) is 10.0 Å². The van der Waals surface area contributed by atoms with Gasteiger partial charge in [0.1, 0.15) is 22.7 Å². The standard InChI is InChI=1S/C23H21BrClN5O4S/c24-15-1-4-21(18(25)10-15)35(31,32)30-16-9-14(11-26-12-16)19-2-3-20-22(29-19)23(28-13-27-20)34-17-5-7-33-8-6-17/h1-4,9-13,17,20,30H,5-8H2,(H,27,28). The molecule has 1 aromatic carbocycles. The molecule has 35 heavy (non-hydrogen) atoms. The van der Waals surface area contributed by atoms with Crippen molar-refractivity contribution in [2.24, 2.45) is 9.98 Å². The van der Waals surface area contributed by atoms with E-state index >= 15 is 0 Å². The molecule has 0 amide bonds. The molecule has 3 aliphatic heterocycles. The molecule has 5 rings (SSSR count). The Morgan fingerprint density at radius 1 is 1.20 bits per heavy atom. The van der Waals surface area contributed by atoms with Crippen molar-refractivity contribution < 1.29 is 17.9 Å². The van der Waals surface area contributed by atoms with Gasteiger partial charge in [-0.05, 0) is 30.3 Å². The third-order valence-electron chi connectivity index (χ3n) is 5.54. The van der Waals surface area contributed by atoms with Crippen LogP contribution in [0.15, 0.2) is 79.7 Å². The van der Waals surface area contributed by atoms with Crippen LogP contribution in [0.5, 0.6) is 0 Å². The second-order valence-corrected chi connectivity index (χ2v) is 11.0. The molecular weight excluding hydrogens is 558 g/mol. The molecule has 3 aliphatic rings. The summed E-state index contributed by atoms with van der Waals surface area (Å²) in [7, 11) is -3.92. The zero-order chi connectivity index (χ0) is 24.4. The number of dihydropyridines is 1. The predicted octanol–water partition coefficient (Wildman–Crippen LogP) is 4.02. The number of ether oxygens (including phenoxy) is 2. The van der Waals surface area contributed by atoms with Gasteiger partial charge in [0.05, 0.1) is 42.2 Å². The summed E-state index contributed by atoms with van der Waals surface area (Å²) in [5, 5.41) is 3.18. The smallest absolute Gasteiger partial charge is 0.263 e. The summed E-state index contributed by atoms with van der Waals surface area (Å²) in [5.41, 5.74) is 2.18. The van der Waals surface area contributed by atoms with Gasteiger partial charge in [0, 0.05) is 29.1 Å². The van der Waals surface area contributed by atoms with Crippen molar-refractivity contribution in [3.05, 3.63) is 75.5 Å². The number of rotatable bonds is 6. The van der Waals surface area contributed by atoms with Crippen LogP contribution >= 0.6 is 27.5 Å². The van der Waals surface area contributed by atoms with Crippen molar-refractivity contribution in [1.29, 1.82) is 0 Å². The highest BCUT2D eigenvalue weighted by atomic mass is 79.9. The number of sulfonamides is 1. The molecule has 1 fully saturated rings. The second-order valence-electron chi connectivity index (χ2n) is 8.01. The first-order valence-electron chi connectivity index (χ1n) is 10.9. The Morgan fingerprint density at radius 3 is 2.83 bits per heavy atom. The molecule has 0 bridgehead atoms. The van der Waals surface area contributed by atoms with Crippen LogP contribution in [0.25, 0.3) is 0 Å². The van der Waals surface area contributed by atoms with Crippen LogP contribution in [0.3, 0.4) is 0 Å². The minimum atomic E-state index is -3.92. The first kappa shape index (κ1) is 24.0. The van der Waals surface area contributed by atoms with Crippen LogP contribution in [-0.4, -0.2) is 50.8 Å². The Morgan fingerprint density at radius 2 is 2.03 bits per heavy atom. The molecule has 1 unspecified atom stereocenters. The van der Waals surface area contributed by atoms with Crippen molar-refractivity contribution in [2.75, 3.05) is 17.9 Å². The third kappa shape index (κ3) is 5.43. The Kier molecular flexibility index (Phi) is 6.92. The maximum Gasteiger partial charge on any atom is 0.263 e. The van der Waals surface area contributed by atoms with Crippen LogP contribution in [0.2, 0.25) is 5.02 Å². The van der Waals surface area contributed by atoms with E-state index in [1.807, 2.05) is 12.2 Å². The summed E-state index contributed by atoms with van der Waals surface area (Å²) >= 11 is 9.43. The molecule has 0 spiro atoms. The normalized spacial score (nSPS) is 20.2. The maximum absolute atomic E-state index is 12.9. The van der Waals surface area contributed by atoms with Crippen LogP contribution in [0.1, 0.15) is 18.4 Å². The SMILES string of the molecule is O=S(=O)(Nc1cncc(C2=NC3=C(OC4CCOCC4)NC=NC3C=C2)c1)c1ccc(Br)cc1Cl. The topological polar surface area (TPSA) is 114 Å². The van der Waals surface area contributed by atoms with Gasteiger partial charge in [-0.3, -0.25) is 14.7 Å². The summed E-state index contributed by atoms with van der Waals surface area (Å²) in [6.07, 6.45) is 10.1. The molecule has 1 aromatic heterocycles. The summed E-state index contributed by atoms with van der Waals surface area (Å²) < 4.78 is 40.6. The van der Waals surface area contributed by atoms with Gasteiger partial charge >= 0.3 is 0 Å². The minimum Gasteiger partial charge on any atom is -0.474 e. The van der Waals surface area contributed by atoms with E-state index < -0.39 is 10.0 Å². The van der Waals surface area contributed by atoms with E-state index in [0.717, 1.165) is 12.8 Å². The van der Waals surface area contributed by atoms with Gasteiger partial charge in [-0.2, -0.15) is 0 Å². The van der Waals surface area contributed by atoms with Crippen molar-refractivity contribution in [2.45, 2.75) is 29.9 Å². The van der Waals surface area contributed by atoms with E-state index in [0.29, 0.717) is 40.5 Å².